The molecule has 44 heavy (non-hydrogen) atoms. The third kappa shape index (κ3) is 13.0. The van der Waals surface area contributed by atoms with Gasteiger partial charge in [0.2, 0.25) is 0 Å². The standard InChI is InChI=1S/2C16H13.2C4H9.2ClH.Si.Zr/c2*1-12-10-14-8-5-9-15(16(14)11-12)13-6-3-2-4-7-13;2*1-3-4-2;;;;/h2*2-11H,1H3;2*1,3-4H2,2H3;2*1H;;/q4*-1;;;;+2/p-2. The summed E-state index contributed by atoms with van der Waals surface area (Å²) in [5.74, 6) is 0. The summed E-state index contributed by atoms with van der Waals surface area (Å²) in [7, 11) is 10.3. The zero-order valence-electron chi connectivity index (χ0n) is 26.5. The third-order valence-electron chi connectivity index (χ3n) is 6.67. The van der Waals surface area contributed by atoms with E-state index in [1.54, 1.807) is 0 Å². The molecule has 0 saturated heterocycles. The first-order chi connectivity index (χ1) is 21.2. The van der Waals surface area contributed by atoms with Crippen molar-refractivity contribution in [2.24, 2.45) is 0 Å². The molecule has 0 aliphatic rings. The molecule has 0 heterocycles. The molecule has 0 aromatic heterocycles. The first kappa shape index (κ1) is 38.0. The van der Waals surface area contributed by atoms with Gasteiger partial charge in [0.15, 0.2) is 0 Å². The first-order valence-corrected chi connectivity index (χ1v) is 25.7. The zero-order chi connectivity index (χ0) is 32.3. The van der Waals surface area contributed by atoms with Crippen LogP contribution in [0.3, 0.4) is 0 Å². The van der Waals surface area contributed by atoms with Gasteiger partial charge in [0.1, 0.15) is 0 Å². The van der Waals surface area contributed by atoms with Gasteiger partial charge >= 0.3 is 41.9 Å². The van der Waals surface area contributed by atoms with Gasteiger partial charge < -0.3 is 13.8 Å². The number of rotatable bonds is 4. The number of unbranched alkanes of at least 4 members (excludes halogenated alkanes) is 2. The molecular formula is C40H44Cl2SiZr-4. The molecule has 0 spiro atoms. The van der Waals surface area contributed by atoms with Crippen molar-refractivity contribution in [3.05, 3.63) is 146 Å². The van der Waals surface area contributed by atoms with Crippen LogP contribution in [0.15, 0.2) is 121 Å². The van der Waals surface area contributed by atoms with Crippen molar-refractivity contribution in [2.45, 2.75) is 53.4 Å². The van der Waals surface area contributed by atoms with Crippen molar-refractivity contribution < 1.29 is 18.0 Å². The summed E-state index contributed by atoms with van der Waals surface area (Å²) in [6, 6.07) is 43.1. The molecule has 0 bridgehead atoms. The van der Waals surface area contributed by atoms with E-state index < -0.39 is 18.0 Å². The Hall–Kier alpha value is -2.22. The maximum absolute atomic E-state index is 5.15. The molecule has 2 radical (unpaired) electrons. The predicted octanol–water partition coefficient (Wildman–Crippen LogP) is 13.3. The first-order valence-electron chi connectivity index (χ1n) is 15.2. The Morgan fingerprint density at radius 3 is 1.20 bits per heavy atom. The van der Waals surface area contributed by atoms with Crippen LogP contribution in [-0.2, 0) is 18.0 Å². The van der Waals surface area contributed by atoms with Crippen LogP contribution in [0.4, 0.5) is 0 Å². The second-order valence-electron chi connectivity index (χ2n) is 10.4. The summed E-state index contributed by atoms with van der Waals surface area (Å²) in [6.45, 7) is 18.8. The van der Waals surface area contributed by atoms with Crippen LogP contribution in [0, 0.1) is 27.7 Å². The Balaban J connectivity index is 0.000000227. The second kappa shape index (κ2) is 21.5. The number of hydrogen-bond acceptors (Lipinski definition) is 0. The van der Waals surface area contributed by atoms with Gasteiger partial charge in [-0.1, -0.05) is 124 Å². The molecule has 6 aromatic carbocycles. The van der Waals surface area contributed by atoms with Gasteiger partial charge in [0.05, 0.1) is 0 Å². The Labute approximate surface area is 283 Å². The quantitative estimate of drug-likeness (QED) is 0.126. The van der Waals surface area contributed by atoms with Gasteiger partial charge in [0, 0.05) is 0 Å². The molecule has 0 atom stereocenters. The molecule has 0 saturated carbocycles. The average Bonchev–Trinajstić information content (AvgIpc) is 3.62. The average molecular weight is 715 g/mol. The minimum absolute atomic E-state index is 1.07. The van der Waals surface area contributed by atoms with Crippen LogP contribution in [0.5, 0.6) is 0 Å². The monoisotopic (exact) mass is 712 g/mol. The van der Waals surface area contributed by atoms with E-state index in [0.717, 1.165) is 12.8 Å². The van der Waals surface area contributed by atoms with Crippen molar-refractivity contribution in [2.75, 3.05) is 0 Å². The summed E-state index contributed by atoms with van der Waals surface area (Å²) in [5.41, 5.74) is 7.89. The number of halogens is 2. The predicted molar refractivity (Wildman–Crippen MR) is 197 cm³/mol. The molecule has 6 rings (SSSR count). The molecule has 0 fully saturated rings. The Kier molecular flexibility index (Phi) is 18.6. The maximum atomic E-state index is 5.15. The topological polar surface area (TPSA) is 0 Å². The van der Waals surface area contributed by atoms with E-state index in [-0.39, 0.29) is 0 Å². The summed E-state index contributed by atoms with van der Waals surface area (Å²) < 4.78 is 0. The molecule has 0 aliphatic heterocycles. The molecule has 6 aromatic rings. The van der Waals surface area contributed by atoms with E-state index in [9.17, 15) is 0 Å². The van der Waals surface area contributed by atoms with Gasteiger partial charge in [-0.25, -0.2) is 0 Å². The Morgan fingerprint density at radius 1 is 0.591 bits per heavy atom. The van der Waals surface area contributed by atoms with Crippen molar-refractivity contribution in [3.63, 3.8) is 0 Å². The molecule has 230 valence electrons. The summed E-state index contributed by atoms with van der Waals surface area (Å²) in [4.78, 5) is 0. The fourth-order valence-corrected chi connectivity index (χ4v) is 4.51. The third-order valence-corrected chi connectivity index (χ3v) is 6.67. The van der Waals surface area contributed by atoms with E-state index in [0.29, 0.717) is 0 Å². The Morgan fingerprint density at radius 2 is 0.909 bits per heavy atom. The minimum atomic E-state index is -1.79. The fraction of sp³-hybridized carbons (Fsp3) is 0.200. The van der Waals surface area contributed by atoms with E-state index in [1.165, 1.54) is 67.8 Å². The molecule has 0 amide bonds. The van der Waals surface area contributed by atoms with Crippen molar-refractivity contribution >= 4 is 45.4 Å². The van der Waals surface area contributed by atoms with Crippen LogP contribution in [0.25, 0.3) is 43.8 Å². The van der Waals surface area contributed by atoms with E-state index in [2.05, 4.69) is 170 Å². The molecule has 0 nitrogen and oxygen atoms in total. The van der Waals surface area contributed by atoms with Crippen LogP contribution in [-0.4, -0.2) is 6.88 Å². The molecule has 0 unspecified atom stereocenters. The normalized spacial score (nSPS) is 9.82. The Bertz CT molecular complexity index is 1520. The number of aryl methyl sites for hydroxylation is 2. The van der Waals surface area contributed by atoms with E-state index in [1.807, 2.05) is 0 Å². The van der Waals surface area contributed by atoms with Crippen molar-refractivity contribution in [1.82, 2.24) is 0 Å². The van der Waals surface area contributed by atoms with Crippen LogP contribution in [0.2, 0.25) is 0 Å². The van der Waals surface area contributed by atoms with Crippen LogP contribution < -0.4 is 0 Å². The summed E-state index contributed by atoms with van der Waals surface area (Å²) in [5, 5.41) is 5.37. The van der Waals surface area contributed by atoms with Crippen molar-refractivity contribution in [1.29, 1.82) is 0 Å². The van der Waals surface area contributed by atoms with E-state index >= 15 is 0 Å². The SMILES string of the molecule is Cc1cc2c(-c3ccccc3)cccc2[cH-]1.Cc1cc2c(-c3ccccc3)cccc2[cH-]1.[CH2-]CCC.[CH2-]CCC.[Si]=[Zr]([Cl])[Cl]. The number of benzene rings is 4. The van der Waals surface area contributed by atoms with Crippen LogP contribution >= 0.6 is 17.0 Å². The van der Waals surface area contributed by atoms with Crippen LogP contribution in [0.1, 0.15) is 50.7 Å². The zero-order valence-corrected chi connectivity index (χ0v) is 31.5. The second-order valence-corrected chi connectivity index (χ2v) is 24.0. The van der Waals surface area contributed by atoms with Crippen molar-refractivity contribution in [3.8, 4) is 22.3 Å². The van der Waals surface area contributed by atoms with E-state index in [4.69, 9.17) is 17.0 Å². The number of fused-ring (bicyclic) bond motifs is 2. The van der Waals surface area contributed by atoms with Gasteiger partial charge in [-0.3, -0.25) is 0 Å². The molecule has 0 aliphatic carbocycles. The van der Waals surface area contributed by atoms with Gasteiger partial charge in [0.25, 0.3) is 0 Å². The molecule has 4 heteroatoms. The molecule has 0 N–H and O–H groups in total. The molecular weight excluding hydrogens is 671 g/mol. The number of hydrogen-bond donors (Lipinski definition) is 0. The van der Waals surface area contributed by atoms with Gasteiger partial charge in [-0.2, -0.15) is 25.0 Å². The summed E-state index contributed by atoms with van der Waals surface area (Å²) >= 11 is -1.79. The van der Waals surface area contributed by atoms with Gasteiger partial charge in [-0.15, -0.1) is 69.1 Å². The van der Waals surface area contributed by atoms with Gasteiger partial charge in [-0.05, 0) is 11.1 Å². The fourth-order valence-electron chi connectivity index (χ4n) is 4.51. The summed E-state index contributed by atoms with van der Waals surface area (Å²) in [6.07, 6.45) is 4.56.